The highest BCUT2D eigenvalue weighted by Crippen LogP contribution is 2.33. The second kappa shape index (κ2) is 7.89. The van der Waals surface area contributed by atoms with Gasteiger partial charge in [0.15, 0.2) is 0 Å². The molecule has 24 heavy (non-hydrogen) atoms. The molecule has 3 aromatic rings. The van der Waals surface area contributed by atoms with Gasteiger partial charge in [-0.15, -0.1) is 0 Å². The van der Waals surface area contributed by atoms with Crippen LogP contribution in [0.3, 0.4) is 0 Å². The summed E-state index contributed by atoms with van der Waals surface area (Å²) in [7, 11) is 1.79. The van der Waals surface area contributed by atoms with Crippen molar-refractivity contribution in [2.75, 3.05) is 7.11 Å². The van der Waals surface area contributed by atoms with Crippen LogP contribution in [0.2, 0.25) is 0 Å². The molecule has 2 heteroatoms. The molecule has 0 aliphatic carbocycles. The molecule has 1 heterocycles. The van der Waals surface area contributed by atoms with Gasteiger partial charge in [-0.05, 0) is 48.6 Å². The van der Waals surface area contributed by atoms with E-state index in [9.17, 15) is 0 Å². The molecule has 0 spiro atoms. The van der Waals surface area contributed by atoms with Crippen molar-refractivity contribution >= 4 is 0 Å². The van der Waals surface area contributed by atoms with Gasteiger partial charge in [-0.25, -0.2) is 0 Å². The first-order valence-electron chi connectivity index (χ1n) is 8.37. The molecule has 2 aromatic carbocycles. The Bertz CT molecular complexity index is 768. The lowest BCUT2D eigenvalue weighted by Crippen LogP contribution is -2.06. The Morgan fingerprint density at radius 2 is 1.71 bits per heavy atom. The van der Waals surface area contributed by atoms with Crippen LogP contribution < -0.4 is 0 Å². The maximum absolute atomic E-state index is 5.85. The Morgan fingerprint density at radius 3 is 2.42 bits per heavy atom. The minimum absolute atomic E-state index is 0.0575. The van der Waals surface area contributed by atoms with Crippen LogP contribution in [-0.2, 0) is 11.2 Å². The molecule has 0 aliphatic heterocycles. The SMILES string of the molecule is CO[C@@H](CCc1ccccc1)c1cccc(C)c1-c1ccccn1. The molecule has 122 valence electrons. The fourth-order valence-electron chi connectivity index (χ4n) is 3.16. The highest BCUT2D eigenvalue weighted by molar-refractivity contribution is 5.68. The van der Waals surface area contributed by atoms with Crippen LogP contribution in [0.5, 0.6) is 0 Å². The van der Waals surface area contributed by atoms with Crippen LogP contribution in [0.4, 0.5) is 0 Å². The summed E-state index contributed by atoms with van der Waals surface area (Å²) in [5.74, 6) is 0. The zero-order valence-corrected chi connectivity index (χ0v) is 14.3. The average molecular weight is 317 g/mol. The van der Waals surface area contributed by atoms with Crippen LogP contribution in [0.25, 0.3) is 11.3 Å². The summed E-state index contributed by atoms with van der Waals surface area (Å²) >= 11 is 0. The van der Waals surface area contributed by atoms with E-state index in [4.69, 9.17) is 4.74 Å². The molecule has 2 nitrogen and oxygen atoms in total. The molecule has 0 saturated carbocycles. The van der Waals surface area contributed by atoms with Crippen molar-refractivity contribution in [3.8, 4) is 11.3 Å². The number of pyridine rings is 1. The molecule has 1 aromatic heterocycles. The summed E-state index contributed by atoms with van der Waals surface area (Å²) < 4.78 is 5.85. The van der Waals surface area contributed by atoms with Crippen molar-refractivity contribution in [3.63, 3.8) is 0 Å². The molecular formula is C22H23NO. The molecule has 0 fully saturated rings. The predicted molar refractivity (Wildman–Crippen MR) is 98.9 cm³/mol. The molecule has 3 rings (SSSR count). The minimum atomic E-state index is 0.0575. The Hall–Kier alpha value is -2.45. The molecule has 0 aliphatic rings. The van der Waals surface area contributed by atoms with Gasteiger partial charge in [-0.1, -0.05) is 54.6 Å². The monoisotopic (exact) mass is 317 g/mol. The summed E-state index contributed by atoms with van der Waals surface area (Å²) in [6.45, 7) is 2.14. The molecule has 0 radical (unpaired) electrons. The largest absolute Gasteiger partial charge is 0.377 e. The van der Waals surface area contributed by atoms with Gasteiger partial charge in [0.2, 0.25) is 0 Å². The van der Waals surface area contributed by atoms with Gasteiger partial charge in [-0.3, -0.25) is 4.98 Å². The number of ether oxygens (including phenoxy) is 1. The van der Waals surface area contributed by atoms with Crippen molar-refractivity contribution in [2.45, 2.75) is 25.9 Å². The fraction of sp³-hybridized carbons (Fsp3) is 0.227. The van der Waals surface area contributed by atoms with E-state index in [0.717, 1.165) is 18.5 Å². The number of aryl methyl sites for hydroxylation is 2. The number of aromatic nitrogens is 1. The second-order valence-electron chi connectivity index (χ2n) is 6.00. The highest BCUT2D eigenvalue weighted by atomic mass is 16.5. The Kier molecular flexibility index (Phi) is 5.39. The zero-order chi connectivity index (χ0) is 16.8. The van der Waals surface area contributed by atoms with E-state index in [1.54, 1.807) is 7.11 Å². The van der Waals surface area contributed by atoms with Gasteiger partial charge in [0, 0.05) is 18.9 Å². The van der Waals surface area contributed by atoms with Crippen LogP contribution in [0.1, 0.15) is 29.2 Å². The summed E-state index contributed by atoms with van der Waals surface area (Å²) in [4.78, 5) is 4.55. The van der Waals surface area contributed by atoms with Crippen molar-refractivity contribution in [1.82, 2.24) is 4.98 Å². The van der Waals surface area contributed by atoms with E-state index >= 15 is 0 Å². The third kappa shape index (κ3) is 3.72. The van der Waals surface area contributed by atoms with Gasteiger partial charge >= 0.3 is 0 Å². The Balaban J connectivity index is 1.90. The molecule has 0 N–H and O–H groups in total. The number of nitrogens with zero attached hydrogens (tertiary/aromatic N) is 1. The molecule has 0 saturated heterocycles. The van der Waals surface area contributed by atoms with Crippen molar-refractivity contribution in [3.05, 3.63) is 89.6 Å². The van der Waals surface area contributed by atoms with Gasteiger partial charge in [0.1, 0.15) is 0 Å². The van der Waals surface area contributed by atoms with Crippen LogP contribution in [-0.4, -0.2) is 12.1 Å². The predicted octanol–water partition coefficient (Wildman–Crippen LogP) is 5.38. The lowest BCUT2D eigenvalue weighted by atomic mass is 9.92. The van der Waals surface area contributed by atoms with E-state index in [2.05, 4.69) is 66.5 Å². The number of rotatable bonds is 6. The van der Waals surface area contributed by atoms with Crippen LogP contribution >= 0.6 is 0 Å². The van der Waals surface area contributed by atoms with E-state index in [-0.39, 0.29) is 6.10 Å². The average Bonchev–Trinajstić information content (AvgIpc) is 2.64. The van der Waals surface area contributed by atoms with Gasteiger partial charge in [-0.2, -0.15) is 0 Å². The third-order valence-electron chi connectivity index (χ3n) is 4.40. The van der Waals surface area contributed by atoms with Crippen molar-refractivity contribution in [1.29, 1.82) is 0 Å². The number of hydrogen-bond donors (Lipinski definition) is 0. The highest BCUT2D eigenvalue weighted by Gasteiger charge is 2.18. The molecule has 0 unspecified atom stereocenters. The standard InChI is InChI=1S/C22H23NO/c1-17-9-8-12-19(22(17)20-13-6-7-16-23-20)21(24-2)15-14-18-10-4-3-5-11-18/h3-13,16,21H,14-15H2,1-2H3/t21-/m0/s1. The Labute approximate surface area is 144 Å². The number of methoxy groups -OCH3 is 1. The minimum Gasteiger partial charge on any atom is -0.377 e. The first-order valence-corrected chi connectivity index (χ1v) is 8.37. The zero-order valence-electron chi connectivity index (χ0n) is 14.3. The van der Waals surface area contributed by atoms with E-state index in [0.29, 0.717) is 0 Å². The molecular weight excluding hydrogens is 294 g/mol. The quantitative estimate of drug-likeness (QED) is 0.609. The first-order chi connectivity index (χ1) is 11.8. The molecule has 0 bridgehead atoms. The summed E-state index contributed by atoms with van der Waals surface area (Å²) in [5, 5.41) is 0. The first kappa shape index (κ1) is 16.4. The topological polar surface area (TPSA) is 22.1 Å². The molecule has 1 atom stereocenters. The normalized spacial score (nSPS) is 12.1. The van der Waals surface area contributed by atoms with Crippen LogP contribution in [0, 0.1) is 6.92 Å². The third-order valence-corrected chi connectivity index (χ3v) is 4.40. The second-order valence-corrected chi connectivity index (χ2v) is 6.00. The van der Waals surface area contributed by atoms with Crippen molar-refractivity contribution < 1.29 is 4.74 Å². The summed E-state index contributed by atoms with van der Waals surface area (Å²) in [5.41, 5.74) is 5.98. The number of benzene rings is 2. The summed E-state index contributed by atoms with van der Waals surface area (Å²) in [6.07, 6.45) is 3.85. The van der Waals surface area contributed by atoms with Crippen molar-refractivity contribution in [2.24, 2.45) is 0 Å². The maximum Gasteiger partial charge on any atom is 0.0831 e. The van der Waals surface area contributed by atoms with E-state index in [1.165, 1.54) is 22.3 Å². The fourth-order valence-corrected chi connectivity index (χ4v) is 3.16. The van der Waals surface area contributed by atoms with Gasteiger partial charge < -0.3 is 4.74 Å². The van der Waals surface area contributed by atoms with Crippen LogP contribution in [0.15, 0.2) is 72.9 Å². The van der Waals surface area contributed by atoms with E-state index in [1.807, 2.05) is 18.3 Å². The lowest BCUT2D eigenvalue weighted by Gasteiger charge is -2.21. The van der Waals surface area contributed by atoms with E-state index < -0.39 is 0 Å². The Morgan fingerprint density at radius 1 is 0.917 bits per heavy atom. The molecule has 0 amide bonds. The smallest absolute Gasteiger partial charge is 0.0831 e. The summed E-state index contributed by atoms with van der Waals surface area (Å²) in [6, 6.07) is 23.0. The number of hydrogen-bond acceptors (Lipinski definition) is 2. The van der Waals surface area contributed by atoms with Gasteiger partial charge in [0.05, 0.1) is 11.8 Å². The lowest BCUT2D eigenvalue weighted by molar-refractivity contribution is 0.0963. The maximum atomic E-state index is 5.85. The van der Waals surface area contributed by atoms with Gasteiger partial charge in [0.25, 0.3) is 0 Å².